The highest BCUT2D eigenvalue weighted by molar-refractivity contribution is 7.46. The lowest BCUT2D eigenvalue weighted by Crippen LogP contribution is -2.39. The summed E-state index contributed by atoms with van der Waals surface area (Å²) < 4.78 is 62.9. The predicted octanol–water partition coefficient (Wildman–Crippen LogP) is 5.62. The summed E-state index contributed by atoms with van der Waals surface area (Å²) in [6.45, 7) is 0.771. The van der Waals surface area contributed by atoms with Crippen LogP contribution in [0.4, 0.5) is 13.2 Å². The molecule has 0 radical (unpaired) electrons. The number of hydrogen-bond donors (Lipinski definition) is 4. The Balaban J connectivity index is 1.55. The molecule has 12 heteroatoms. The van der Waals surface area contributed by atoms with Crippen LogP contribution in [-0.4, -0.2) is 26.4 Å². The second-order valence-electron chi connectivity index (χ2n) is 8.88. The molecule has 0 aliphatic rings. The number of H-pyrrole nitrogens is 1. The second kappa shape index (κ2) is 10.7. The number of imidazole rings is 1. The molecule has 0 fully saturated rings. The Morgan fingerprint density at radius 3 is 2.37 bits per heavy atom. The number of nitrogens with two attached hydrogens (primary N) is 1. The Morgan fingerprint density at radius 2 is 1.68 bits per heavy atom. The van der Waals surface area contributed by atoms with Gasteiger partial charge in [0.25, 0.3) is 0 Å². The zero-order valence-corrected chi connectivity index (χ0v) is 21.0. The van der Waals surface area contributed by atoms with Crippen LogP contribution in [0, 0.1) is 0 Å². The van der Waals surface area contributed by atoms with E-state index in [0.717, 1.165) is 17.2 Å². The number of aromatic nitrogens is 2. The number of aromatic amines is 1. The number of phosphoric acid groups is 1. The topological polar surface area (TPSA) is 131 Å². The van der Waals surface area contributed by atoms with E-state index in [9.17, 15) is 17.7 Å². The Morgan fingerprint density at radius 1 is 0.974 bits per heavy atom. The summed E-state index contributed by atoms with van der Waals surface area (Å²) in [6, 6.07) is 20.6. The van der Waals surface area contributed by atoms with E-state index in [-0.39, 0.29) is 29.4 Å². The summed E-state index contributed by atoms with van der Waals surface area (Å²) in [6.07, 6.45) is -3.35. The minimum atomic E-state index is -4.77. The first-order valence-corrected chi connectivity index (χ1v) is 12.9. The van der Waals surface area contributed by atoms with Gasteiger partial charge < -0.3 is 25.2 Å². The van der Waals surface area contributed by atoms with Crippen LogP contribution < -0.4 is 10.5 Å². The van der Waals surface area contributed by atoms with Crippen molar-refractivity contribution < 1.29 is 36.8 Å². The van der Waals surface area contributed by atoms with Gasteiger partial charge in [-0.25, -0.2) is 9.55 Å². The van der Waals surface area contributed by atoms with Crippen molar-refractivity contribution in [3.05, 3.63) is 95.9 Å². The lowest BCUT2D eigenvalue weighted by Gasteiger charge is -2.21. The number of ether oxygens (including phenoxy) is 1. The van der Waals surface area contributed by atoms with Gasteiger partial charge in [0.2, 0.25) is 0 Å². The third-order valence-electron chi connectivity index (χ3n) is 5.66. The third kappa shape index (κ3) is 6.89. The van der Waals surface area contributed by atoms with Crippen molar-refractivity contribution >= 4 is 7.82 Å². The Kier molecular flexibility index (Phi) is 7.78. The van der Waals surface area contributed by atoms with Gasteiger partial charge in [-0.2, -0.15) is 13.2 Å². The molecule has 1 heterocycles. The normalized spacial score (nSPS) is 13.8. The zero-order chi connectivity index (χ0) is 27.6. The minimum absolute atomic E-state index is 0.0687. The van der Waals surface area contributed by atoms with Gasteiger partial charge in [-0.05, 0) is 47.9 Å². The molecular weight excluding hydrogens is 522 g/mol. The van der Waals surface area contributed by atoms with Crippen molar-refractivity contribution in [2.24, 2.45) is 5.73 Å². The zero-order valence-electron chi connectivity index (χ0n) is 20.1. The summed E-state index contributed by atoms with van der Waals surface area (Å²) >= 11 is 0. The van der Waals surface area contributed by atoms with Crippen LogP contribution in [0.2, 0.25) is 0 Å². The summed E-state index contributed by atoms with van der Waals surface area (Å²) in [5.74, 6) is -0.256. The van der Waals surface area contributed by atoms with Crippen LogP contribution >= 0.6 is 7.82 Å². The molecule has 1 atom stereocenters. The predicted molar refractivity (Wildman–Crippen MR) is 135 cm³/mol. The third-order valence-corrected chi connectivity index (χ3v) is 6.13. The smallest absolute Gasteiger partial charge is 0.469 e. The molecule has 8 nitrogen and oxygen atoms in total. The molecule has 0 amide bonds. The number of nitrogens with zero attached hydrogens (tertiary/aromatic N) is 1. The highest BCUT2D eigenvalue weighted by atomic mass is 31.2. The van der Waals surface area contributed by atoms with Crippen LogP contribution in [0.15, 0.2) is 79.0 Å². The lowest BCUT2D eigenvalue weighted by molar-refractivity contribution is -0.139. The van der Waals surface area contributed by atoms with Crippen molar-refractivity contribution in [2.45, 2.75) is 25.2 Å². The maximum atomic E-state index is 13.9. The molecular formula is C26H25F3N3O5P. The van der Waals surface area contributed by atoms with E-state index in [1.165, 1.54) is 25.3 Å². The number of halogens is 3. The number of phosphoric ester groups is 1. The van der Waals surface area contributed by atoms with E-state index in [1.807, 2.05) is 48.5 Å². The molecule has 4 aromatic rings. The fourth-order valence-electron chi connectivity index (χ4n) is 3.72. The van der Waals surface area contributed by atoms with Crippen LogP contribution in [0.25, 0.3) is 22.4 Å². The van der Waals surface area contributed by atoms with Gasteiger partial charge in [-0.3, -0.25) is 4.52 Å². The van der Waals surface area contributed by atoms with Crippen molar-refractivity contribution in [3.63, 3.8) is 0 Å². The highest BCUT2D eigenvalue weighted by Gasteiger charge is 2.35. The van der Waals surface area contributed by atoms with Crippen LogP contribution in [0.3, 0.4) is 0 Å². The maximum absolute atomic E-state index is 13.9. The summed E-state index contributed by atoms with van der Waals surface area (Å²) in [5.41, 5.74) is 6.53. The van der Waals surface area contributed by atoms with Gasteiger partial charge in [-0.15, -0.1) is 0 Å². The molecule has 0 spiro atoms. The Hall–Kier alpha value is -3.47. The molecule has 0 aliphatic heterocycles. The molecule has 3 aromatic carbocycles. The van der Waals surface area contributed by atoms with Crippen molar-refractivity contribution in [1.29, 1.82) is 0 Å². The molecule has 0 saturated carbocycles. The minimum Gasteiger partial charge on any atom is -0.488 e. The van der Waals surface area contributed by atoms with Crippen LogP contribution in [0.5, 0.6) is 5.75 Å². The van der Waals surface area contributed by atoms with Gasteiger partial charge >= 0.3 is 14.0 Å². The van der Waals surface area contributed by atoms with E-state index in [2.05, 4.69) is 14.5 Å². The van der Waals surface area contributed by atoms with Gasteiger partial charge in [0.15, 0.2) is 0 Å². The molecule has 5 N–H and O–H groups in total. The summed E-state index contributed by atoms with van der Waals surface area (Å²) in [5, 5.41) is 0. The molecule has 0 aliphatic carbocycles. The standard InChI is InChI=1S/C26H25F3N3O5P/c1-25(30,16-37-38(33,34)35)24-31-14-22(32-24)20-10-11-23(21(13-20)26(27,28)29)36-15-17-6-5-9-19(12-17)18-7-3-2-4-8-18/h2-14H,15-16,30H2,1H3,(H,31,32)(H2,33,34,35)/t25-/m0/s1. The summed E-state index contributed by atoms with van der Waals surface area (Å²) in [7, 11) is -4.77. The van der Waals surface area contributed by atoms with Crippen molar-refractivity contribution in [3.8, 4) is 28.1 Å². The number of benzene rings is 3. The number of rotatable bonds is 9. The molecule has 0 bridgehead atoms. The van der Waals surface area contributed by atoms with Gasteiger partial charge in [0, 0.05) is 11.8 Å². The lowest BCUT2D eigenvalue weighted by atomic mass is 10.0. The van der Waals surface area contributed by atoms with E-state index in [4.69, 9.17) is 20.3 Å². The molecule has 0 saturated heterocycles. The molecule has 200 valence electrons. The largest absolute Gasteiger partial charge is 0.488 e. The average Bonchev–Trinajstić information content (AvgIpc) is 3.38. The van der Waals surface area contributed by atoms with Crippen LogP contribution in [0.1, 0.15) is 23.9 Å². The first-order valence-electron chi connectivity index (χ1n) is 11.4. The quantitative estimate of drug-likeness (QED) is 0.200. The monoisotopic (exact) mass is 547 g/mol. The van der Waals surface area contributed by atoms with E-state index in [0.29, 0.717) is 5.56 Å². The highest BCUT2D eigenvalue weighted by Crippen LogP contribution is 2.40. The SMILES string of the molecule is C[C@](N)(COP(=O)(O)O)c1nc(-c2ccc(OCc3cccc(-c4ccccc4)c3)c(C(F)(F)F)c2)c[nH]1. The Labute approximate surface area is 216 Å². The van der Waals surface area contributed by atoms with Crippen LogP contribution in [-0.2, 0) is 27.4 Å². The Bertz CT molecular complexity index is 1450. The fourth-order valence-corrected chi connectivity index (χ4v) is 4.15. The number of hydrogen-bond acceptors (Lipinski definition) is 5. The molecule has 4 rings (SSSR count). The molecule has 38 heavy (non-hydrogen) atoms. The van der Waals surface area contributed by atoms with E-state index < -0.39 is 31.7 Å². The van der Waals surface area contributed by atoms with Crippen molar-refractivity contribution in [1.82, 2.24) is 9.97 Å². The molecule has 1 aromatic heterocycles. The number of nitrogens with one attached hydrogen (secondary N) is 1. The van der Waals surface area contributed by atoms with E-state index in [1.54, 1.807) is 6.07 Å². The second-order valence-corrected chi connectivity index (χ2v) is 10.1. The van der Waals surface area contributed by atoms with Crippen molar-refractivity contribution in [2.75, 3.05) is 6.61 Å². The van der Waals surface area contributed by atoms with Gasteiger partial charge in [0.1, 0.15) is 18.2 Å². The maximum Gasteiger partial charge on any atom is 0.469 e. The first-order chi connectivity index (χ1) is 17.8. The van der Waals surface area contributed by atoms with Gasteiger partial charge in [0.05, 0.1) is 23.4 Å². The van der Waals surface area contributed by atoms with Gasteiger partial charge in [-0.1, -0.05) is 48.5 Å². The fraction of sp³-hybridized carbons (Fsp3) is 0.192. The number of alkyl halides is 3. The molecule has 0 unspecified atom stereocenters. The summed E-state index contributed by atoms with van der Waals surface area (Å²) in [4.78, 5) is 24.8. The van der Waals surface area contributed by atoms with E-state index >= 15 is 0 Å². The average molecular weight is 547 g/mol. The first kappa shape index (κ1) is 27.6.